The van der Waals surface area contributed by atoms with Gasteiger partial charge in [0.2, 0.25) is 0 Å². The number of halogens is 2. The van der Waals surface area contributed by atoms with Gasteiger partial charge < -0.3 is 25.2 Å². The van der Waals surface area contributed by atoms with Gasteiger partial charge in [-0.3, -0.25) is 10.2 Å². The number of hydrogen-bond donors (Lipinski definition) is 2. The quantitative estimate of drug-likeness (QED) is 0.377. The minimum Gasteiger partial charge on any atom is -0.466 e. The topological polar surface area (TPSA) is 103 Å². The number of nitrogens with one attached hydrogen (secondary N) is 1. The van der Waals surface area contributed by atoms with Crippen molar-refractivity contribution in [3.63, 3.8) is 0 Å². The monoisotopic (exact) mass is 487 g/mol. The van der Waals surface area contributed by atoms with Gasteiger partial charge in [-0.15, -0.1) is 24.8 Å². The molecule has 1 aliphatic carbocycles. The van der Waals surface area contributed by atoms with E-state index in [1.807, 2.05) is 48.0 Å². The molecule has 0 atom stereocenters. The lowest BCUT2D eigenvalue weighted by atomic mass is 9.85. The number of nitrogens with two attached hydrogens (primary N) is 1. The number of amides is 2. The van der Waals surface area contributed by atoms with Crippen molar-refractivity contribution < 1.29 is 14.3 Å². The molecule has 1 aromatic carbocycles. The number of carbonyl (C=O) groups is 2. The minimum atomic E-state index is -0.0996. The fraction of sp³-hybridized carbons (Fsp3) is 0.591. The van der Waals surface area contributed by atoms with E-state index in [1.54, 1.807) is 0 Å². The van der Waals surface area contributed by atoms with Crippen molar-refractivity contribution in [3.8, 4) is 0 Å². The molecule has 3 N–H and O–H groups in total. The number of nitrogens with zero attached hydrogens (tertiary/aromatic N) is 3. The van der Waals surface area contributed by atoms with Crippen LogP contribution in [0.4, 0.5) is 10.5 Å². The minimum absolute atomic E-state index is 0. The second kappa shape index (κ2) is 12.7. The molecule has 180 valence electrons. The molecule has 8 nitrogen and oxygen atoms in total. The third kappa shape index (κ3) is 6.65. The summed E-state index contributed by atoms with van der Waals surface area (Å²) in [5, 5.41) is 7.49. The highest BCUT2D eigenvalue weighted by Crippen LogP contribution is 2.29. The Morgan fingerprint density at radius 3 is 2.12 bits per heavy atom. The Bertz CT molecular complexity index is 761. The molecular formula is C22H35Cl2N5O3. The first-order chi connectivity index (χ1) is 14.4. The smallest absolute Gasteiger partial charge is 0.320 e. The van der Waals surface area contributed by atoms with Crippen LogP contribution in [0.15, 0.2) is 24.3 Å². The summed E-state index contributed by atoms with van der Waals surface area (Å²) in [6, 6.07) is 7.91. The molecule has 0 unspecified atom stereocenters. The van der Waals surface area contributed by atoms with Crippen LogP contribution in [-0.2, 0) is 9.53 Å². The Kier molecular flexibility index (Phi) is 11.1. The number of urea groups is 1. The van der Waals surface area contributed by atoms with E-state index in [0.29, 0.717) is 25.3 Å². The molecule has 32 heavy (non-hydrogen) atoms. The molecule has 0 aromatic heterocycles. The van der Waals surface area contributed by atoms with Crippen molar-refractivity contribution in [1.82, 2.24) is 9.80 Å². The van der Waals surface area contributed by atoms with Crippen LogP contribution in [0.2, 0.25) is 0 Å². The van der Waals surface area contributed by atoms with Gasteiger partial charge in [0.15, 0.2) is 0 Å². The number of anilines is 1. The van der Waals surface area contributed by atoms with E-state index in [0.717, 1.165) is 44.5 Å². The molecule has 0 bridgehead atoms. The molecule has 1 aromatic rings. The SMILES string of the molecule is CCOC(=O)[C@H]1CC[C@H](N(C)C(=O)N2CCN(c3ccc(C(=N)N)cc3)CC2)CC1.Cl.Cl. The van der Waals surface area contributed by atoms with Gasteiger partial charge in [-0.25, -0.2) is 4.79 Å². The van der Waals surface area contributed by atoms with Gasteiger partial charge in [-0.1, -0.05) is 0 Å². The molecule has 0 radical (unpaired) electrons. The molecule has 2 fully saturated rings. The normalized spacial score (nSPS) is 20.4. The maximum Gasteiger partial charge on any atom is 0.320 e. The number of rotatable bonds is 5. The van der Waals surface area contributed by atoms with E-state index in [9.17, 15) is 9.59 Å². The molecule has 1 aliphatic heterocycles. The van der Waals surface area contributed by atoms with Gasteiger partial charge in [0.05, 0.1) is 12.5 Å². The van der Waals surface area contributed by atoms with Gasteiger partial charge in [-0.2, -0.15) is 0 Å². The lowest BCUT2D eigenvalue weighted by Crippen LogP contribution is -2.54. The number of esters is 1. The summed E-state index contributed by atoms with van der Waals surface area (Å²) in [5.74, 6) is -0.0590. The van der Waals surface area contributed by atoms with Gasteiger partial charge in [-0.05, 0) is 56.9 Å². The van der Waals surface area contributed by atoms with E-state index in [1.165, 1.54) is 0 Å². The molecule has 1 heterocycles. The van der Waals surface area contributed by atoms with Crippen molar-refractivity contribution in [3.05, 3.63) is 29.8 Å². The predicted molar refractivity (Wildman–Crippen MR) is 131 cm³/mol. The third-order valence-electron chi connectivity index (χ3n) is 6.26. The fourth-order valence-electron chi connectivity index (χ4n) is 4.35. The summed E-state index contributed by atoms with van der Waals surface area (Å²) in [7, 11) is 1.88. The van der Waals surface area contributed by atoms with Crippen LogP contribution in [0.1, 0.15) is 38.2 Å². The molecule has 3 rings (SSSR count). The van der Waals surface area contributed by atoms with Gasteiger partial charge in [0.1, 0.15) is 5.84 Å². The van der Waals surface area contributed by atoms with Crippen LogP contribution in [-0.4, -0.2) is 73.5 Å². The number of benzene rings is 1. The summed E-state index contributed by atoms with van der Waals surface area (Å²) in [6.07, 6.45) is 3.25. The molecule has 1 saturated carbocycles. The predicted octanol–water partition coefficient (Wildman–Crippen LogP) is 3.11. The lowest BCUT2D eigenvalue weighted by Gasteiger charge is -2.40. The van der Waals surface area contributed by atoms with Gasteiger partial charge in [0, 0.05) is 50.5 Å². The highest BCUT2D eigenvalue weighted by atomic mass is 35.5. The number of carbonyl (C=O) groups excluding carboxylic acids is 2. The van der Waals surface area contributed by atoms with E-state index in [2.05, 4.69) is 4.90 Å². The van der Waals surface area contributed by atoms with Gasteiger partial charge in [0.25, 0.3) is 0 Å². The molecule has 2 aliphatic rings. The molecule has 0 spiro atoms. The summed E-state index contributed by atoms with van der Waals surface area (Å²) in [6.45, 7) is 5.15. The number of nitrogen functional groups attached to an aromatic ring is 1. The third-order valence-corrected chi connectivity index (χ3v) is 6.26. The Hall–Kier alpha value is -2.19. The van der Waals surface area contributed by atoms with Crippen molar-refractivity contribution in [2.45, 2.75) is 38.6 Å². The van der Waals surface area contributed by atoms with E-state index < -0.39 is 0 Å². The summed E-state index contributed by atoms with van der Waals surface area (Å²) >= 11 is 0. The largest absolute Gasteiger partial charge is 0.466 e. The zero-order chi connectivity index (χ0) is 21.7. The summed E-state index contributed by atoms with van der Waals surface area (Å²) in [5.41, 5.74) is 7.31. The van der Waals surface area contributed by atoms with Gasteiger partial charge >= 0.3 is 12.0 Å². The highest BCUT2D eigenvalue weighted by Gasteiger charge is 2.33. The maximum absolute atomic E-state index is 13.0. The Labute approximate surface area is 202 Å². The van der Waals surface area contributed by atoms with Crippen LogP contribution in [0.5, 0.6) is 0 Å². The van der Waals surface area contributed by atoms with Crippen molar-refractivity contribution in [1.29, 1.82) is 5.41 Å². The first-order valence-electron chi connectivity index (χ1n) is 10.8. The first kappa shape index (κ1) is 27.8. The average Bonchev–Trinajstić information content (AvgIpc) is 2.78. The molecular weight excluding hydrogens is 453 g/mol. The number of hydrogen-bond acceptors (Lipinski definition) is 5. The van der Waals surface area contributed by atoms with Crippen molar-refractivity contribution >= 4 is 48.3 Å². The number of ether oxygens (including phenoxy) is 1. The van der Waals surface area contributed by atoms with E-state index in [4.69, 9.17) is 15.9 Å². The Morgan fingerprint density at radius 1 is 1.06 bits per heavy atom. The first-order valence-corrected chi connectivity index (χ1v) is 10.8. The molecule has 2 amide bonds. The van der Waals surface area contributed by atoms with Crippen molar-refractivity contribution in [2.24, 2.45) is 11.7 Å². The zero-order valence-electron chi connectivity index (χ0n) is 18.8. The van der Waals surface area contributed by atoms with Crippen LogP contribution in [0.3, 0.4) is 0 Å². The van der Waals surface area contributed by atoms with E-state index >= 15 is 0 Å². The van der Waals surface area contributed by atoms with Crippen LogP contribution >= 0.6 is 24.8 Å². The lowest BCUT2D eigenvalue weighted by molar-refractivity contribution is -0.149. The Balaban J connectivity index is 0.00000256. The highest BCUT2D eigenvalue weighted by molar-refractivity contribution is 5.95. The summed E-state index contributed by atoms with van der Waals surface area (Å²) < 4.78 is 5.14. The van der Waals surface area contributed by atoms with E-state index in [-0.39, 0.29) is 54.6 Å². The van der Waals surface area contributed by atoms with Crippen molar-refractivity contribution in [2.75, 3.05) is 44.7 Å². The maximum atomic E-state index is 13.0. The van der Waals surface area contributed by atoms with Crippen LogP contribution in [0, 0.1) is 11.3 Å². The zero-order valence-corrected chi connectivity index (χ0v) is 20.4. The number of amidine groups is 1. The molecule has 1 saturated heterocycles. The Morgan fingerprint density at radius 2 is 1.62 bits per heavy atom. The summed E-state index contributed by atoms with van der Waals surface area (Å²) in [4.78, 5) is 30.9. The second-order valence-corrected chi connectivity index (χ2v) is 8.09. The van der Waals surface area contributed by atoms with Crippen LogP contribution < -0.4 is 10.6 Å². The van der Waals surface area contributed by atoms with Crippen LogP contribution in [0.25, 0.3) is 0 Å². The number of piperazine rings is 1. The average molecular weight is 488 g/mol. The molecule has 10 heteroatoms. The second-order valence-electron chi connectivity index (χ2n) is 8.09. The standard InChI is InChI=1S/C22H33N5O3.2ClH/c1-3-30-21(28)17-6-8-18(9-7-17)25(2)22(29)27-14-12-26(13-15-27)19-10-4-16(5-11-19)20(23)24;;/h4-5,10-11,17-18H,3,6-9,12-15H2,1-2H3,(H3,23,24);2*1H/t17-,18-;;. The fourth-order valence-corrected chi connectivity index (χ4v) is 4.35.